The van der Waals surface area contributed by atoms with Crippen LogP contribution in [0.15, 0.2) is 36.7 Å². The van der Waals surface area contributed by atoms with Crippen LogP contribution in [0.2, 0.25) is 0 Å². The van der Waals surface area contributed by atoms with Gasteiger partial charge in [0.2, 0.25) is 0 Å². The number of pyridine rings is 1. The smallest absolute Gasteiger partial charge is 0.102 e. The highest BCUT2D eigenvalue weighted by molar-refractivity contribution is 5.57. The van der Waals surface area contributed by atoms with Gasteiger partial charge in [-0.1, -0.05) is 24.1 Å². The van der Waals surface area contributed by atoms with Crippen molar-refractivity contribution in [3.05, 3.63) is 58.9 Å². The van der Waals surface area contributed by atoms with Crippen LogP contribution in [-0.4, -0.2) is 11.5 Å². The summed E-state index contributed by atoms with van der Waals surface area (Å²) in [7, 11) is 0. The minimum absolute atomic E-state index is 0.247. The van der Waals surface area contributed by atoms with Crippen molar-refractivity contribution >= 4 is 5.69 Å². The van der Waals surface area contributed by atoms with Crippen molar-refractivity contribution in [3.63, 3.8) is 0 Å². The van der Waals surface area contributed by atoms with Crippen LogP contribution in [0.5, 0.6) is 0 Å². The first kappa shape index (κ1) is 12.3. The Labute approximate surface area is 118 Å². The molecule has 3 heteroatoms. The second-order valence-electron chi connectivity index (χ2n) is 4.85. The summed E-state index contributed by atoms with van der Waals surface area (Å²) >= 11 is 0. The number of benzene rings is 1. The summed E-state index contributed by atoms with van der Waals surface area (Å²) in [5.74, 6) is 2.89. The maximum absolute atomic E-state index is 9.13. The molecule has 96 valence electrons. The first-order valence-corrected chi connectivity index (χ1v) is 6.50. The second-order valence-corrected chi connectivity index (χ2v) is 4.85. The van der Waals surface area contributed by atoms with E-state index < -0.39 is 0 Å². The molecule has 0 spiro atoms. The molecule has 0 saturated heterocycles. The van der Waals surface area contributed by atoms with Crippen LogP contribution in [0, 0.1) is 23.7 Å². The summed E-state index contributed by atoms with van der Waals surface area (Å²) in [5, 5.41) is 12.5. The zero-order valence-electron chi connectivity index (χ0n) is 10.9. The van der Waals surface area contributed by atoms with E-state index in [0.29, 0.717) is 11.1 Å². The van der Waals surface area contributed by atoms with E-state index in [1.165, 1.54) is 17.4 Å². The Bertz CT molecular complexity index is 735. The van der Waals surface area contributed by atoms with Gasteiger partial charge in [0.05, 0.1) is 5.56 Å². The van der Waals surface area contributed by atoms with Gasteiger partial charge in [0, 0.05) is 36.1 Å². The molecule has 2 aromatic rings. The molecule has 0 saturated carbocycles. The van der Waals surface area contributed by atoms with Crippen molar-refractivity contribution in [2.45, 2.75) is 12.3 Å². The average molecular weight is 259 g/mol. The third kappa shape index (κ3) is 2.00. The monoisotopic (exact) mass is 259 g/mol. The van der Waals surface area contributed by atoms with Crippen molar-refractivity contribution in [1.29, 1.82) is 5.26 Å². The Morgan fingerprint density at radius 1 is 1.30 bits per heavy atom. The molecular weight excluding hydrogens is 246 g/mol. The number of anilines is 1. The van der Waals surface area contributed by atoms with Crippen molar-refractivity contribution in [1.82, 2.24) is 4.98 Å². The van der Waals surface area contributed by atoms with Gasteiger partial charge in [-0.2, -0.15) is 5.26 Å². The van der Waals surface area contributed by atoms with Crippen LogP contribution >= 0.6 is 0 Å². The Morgan fingerprint density at radius 3 is 2.95 bits per heavy atom. The normalized spacial score (nSPS) is 16.4. The summed E-state index contributed by atoms with van der Waals surface area (Å²) in [4.78, 5) is 4.15. The molecule has 0 bridgehead atoms. The van der Waals surface area contributed by atoms with Gasteiger partial charge in [0.25, 0.3) is 0 Å². The Balaban J connectivity index is 2.01. The fraction of sp³-hybridized carbons (Fsp3) is 0.176. The van der Waals surface area contributed by atoms with Gasteiger partial charge in [0.15, 0.2) is 0 Å². The van der Waals surface area contributed by atoms with E-state index in [9.17, 15) is 0 Å². The van der Waals surface area contributed by atoms with E-state index in [2.05, 4.69) is 34.4 Å². The molecule has 0 radical (unpaired) electrons. The predicted octanol–water partition coefficient (Wildman–Crippen LogP) is 2.69. The molecule has 1 aliphatic rings. The largest absolute Gasteiger partial charge is 0.384 e. The van der Waals surface area contributed by atoms with Crippen LogP contribution in [0.3, 0.4) is 0 Å². The van der Waals surface area contributed by atoms with Gasteiger partial charge < -0.3 is 5.32 Å². The number of aromatic nitrogens is 1. The Morgan fingerprint density at radius 2 is 2.15 bits per heavy atom. The van der Waals surface area contributed by atoms with Gasteiger partial charge >= 0.3 is 0 Å². The lowest BCUT2D eigenvalue weighted by molar-refractivity contribution is 0.690. The maximum Gasteiger partial charge on any atom is 0.102 e. The van der Waals surface area contributed by atoms with Crippen LogP contribution in [0.25, 0.3) is 0 Å². The standard InChI is InChI=1S/C17H13N3/c1-2-15-14(8-18)9-19-11-16(15)13-7-12-5-3-4-6-17(12)20-10-13/h1,3-6,9,11,13,20H,7,10H2. The summed E-state index contributed by atoms with van der Waals surface area (Å²) in [6, 6.07) is 10.4. The number of hydrogen-bond acceptors (Lipinski definition) is 3. The van der Waals surface area contributed by atoms with Crippen molar-refractivity contribution in [2.75, 3.05) is 11.9 Å². The highest BCUT2D eigenvalue weighted by atomic mass is 14.9. The van der Waals surface area contributed by atoms with Gasteiger partial charge in [-0.25, -0.2) is 0 Å². The average Bonchev–Trinajstić information content (AvgIpc) is 2.53. The summed E-state index contributed by atoms with van der Waals surface area (Å²) in [6.07, 6.45) is 9.81. The first-order valence-electron chi connectivity index (χ1n) is 6.50. The number of fused-ring (bicyclic) bond motifs is 1. The summed E-state index contributed by atoms with van der Waals surface area (Å²) < 4.78 is 0. The fourth-order valence-corrected chi connectivity index (χ4v) is 2.69. The van der Waals surface area contributed by atoms with Gasteiger partial charge in [0.1, 0.15) is 6.07 Å². The highest BCUT2D eigenvalue weighted by Gasteiger charge is 2.22. The van der Waals surface area contributed by atoms with E-state index in [4.69, 9.17) is 11.7 Å². The minimum atomic E-state index is 0.247. The third-order valence-electron chi connectivity index (χ3n) is 3.70. The number of nitriles is 1. The number of hydrogen-bond donors (Lipinski definition) is 1. The molecule has 0 amide bonds. The molecule has 1 unspecified atom stereocenters. The van der Waals surface area contributed by atoms with Crippen molar-refractivity contribution in [2.24, 2.45) is 0 Å². The molecule has 3 nitrogen and oxygen atoms in total. The molecular formula is C17H13N3. The number of para-hydroxylation sites is 1. The van der Waals surface area contributed by atoms with Gasteiger partial charge in [-0.05, 0) is 23.6 Å². The maximum atomic E-state index is 9.13. The molecule has 1 aliphatic heterocycles. The SMILES string of the molecule is C#Cc1c(C#N)cncc1C1CNc2ccccc2C1. The molecule has 1 aromatic heterocycles. The first-order chi connectivity index (χ1) is 9.83. The molecule has 20 heavy (non-hydrogen) atoms. The minimum Gasteiger partial charge on any atom is -0.384 e. The van der Waals surface area contributed by atoms with Crippen LogP contribution in [0.4, 0.5) is 5.69 Å². The van der Waals surface area contributed by atoms with Crippen molar-refractivity contribution < 1.29 is 0 Å². The topological polar surface area (TPSA) is 48.7 Å². The lowest BCUT2D eigenvalue weighted by Crippen LogP contribution is -2.22. The van der Waals surface area contributed by atoms with E-state index >= 15 is 0 Å². The summed E-state index contributed by atoms with van der Waals surface area (Å²) in [6.45, 7) is 0.808. The third-order valence-corrected chi connectivity index (χ3v) is 3.70. The van der Waals surface area contributed by atoms with E-state index in [1.807, 2.05) is 12.1 Å². The zero-order chi connectivity index (χ0) is 13.9. The van der Waals surface area contributed by atoms with Gasteiger partial charge in [-0.15, -0.1) is 6.42 Å². The number of nitrogens with one attached hydrogen (secondary N) is 1. The lowest BCUT2D eigenvalue weighted by atomic mass is 9.86. The molecule has 1 N–H and O–H groups in total. The van der Waals surface area contributed by atoms with Crippen LogP contribution in [-0.2, 0) is 6.42 Å². The predicted molar refractivity (Wildman–Crippen MR) is 78.3 cm³/mol. The quantitative estimate of drug-likeness (QED) is 0.801. The fourth-order valence-electron chi connectivity index (χ4n) is 2.69. The number of nitrogens with zero attached hydrogens (tertiary/aromatic N) is 2. The van der Waals surface area contributed by atoms with Crippen LogP contribution < -0.4 is 5.32 Å². The van der Waals surface area contributed by atoms with E-state index in [1.54, 1.807) is 6.20 Å². The molecule has 0 aliphatic carbocycles. The zero-order valence-corrected chi connectivity index (χ0v) is 10.9. The van der Waals surface area contributed by atoms with Crippen LogP contribution in [0.1, 0.15) is 28.2 Å². The van der Waals surface area contributed by atoms with E-state index in [0.717, 1.165) is 18.5 Å². The van der Waals surface area contributed by atoms with Gasteiger partial charge in [-0.3, -0.25) is 4.98 Å². The van der Waals surface area contributed by atoms with Crippen molar-refractivity contribution in [3.8, 4) is 18.4 Å². The highest BCUT2D eigenvalue weighted by Crippen LogP contribution is 2.32. The molecule has 3 rings (SSSR count). The molecule has 1 aromatic carbocycles. The lowest BCUT2D eigenvalue weighted by Gasteiger charge is -2.27. The van der Waals surface area contributed by atoms with E-state index in [-0.39, 0.29) is 5.92 Å². The number of terminal acetylenes is 1. The Hall–Kier alpha value is -2.78. The molecule has 2 heterocycles. The molecule has 1 atom stereocenters. The Kier molecular flexibility index (Phi) is 3.11. The second kappa shape index (κ2) is 5.07. The molecule has 0 fully saturated rings. The summed E-state index contributed by atoms with van der Waals surface area (Å²) in [5.41, 5.74) is 4.58. The number of rotatable bonds is 1.